The highest BCUT2D eigenvalue weighted by Crippen LogP contribution is 2.42. The van der Waals surface area contributed by atoms with E-state index >= 15 is 0 Å². The van der Waals surface area contributed by atoms with Crippen LogP contribution in [0.25, 0.3) is 5.69 Å². The minimum Gasteiger partial charge on any atom is -0.461 e. The maximum absolute atomic E-state index is 14.1. The number of carbonyl (C=O) groups excluding carboxylic acids is 7. The molecule has 3 aromatic rings. The Morgan fingerprint density at radius 1 is 0.984 bits per heavy atom. The molecular weight excluding hydrogens is 814 g/mol. The van der Waals surface area contributed by atoms with E-state index in [0.29, 0.717) is 56.3 Å². The van der Waals surface area contributed by atoms with Crippen molar-refractivity contribution in [3.05, 3.63) is 70.0 Å². The van der Waals surface area contributed by atoms with E-state index in [2.05, 4.69) is 26.4 Å². The first-order valence-corrected chi connectivity index (χ1v) is 20.8. The summed E-state index contributed by atoms with van der Waals surface area (Å²) >= 11 is 0. The number of unbranched alkanes of at least 4 members (excludes halogenated alkanes) is 1. The van der Waals surface area contributed by atoms with Crippen molar-refractivity contribution < 1.29 is 51.5 Å². The van der Waals surface area contributed by atoms with Gasteiger partial charge in [-0.1, -0.05) is 19.9 Å². The summed E-state index contributed by atoms with van der Waals surface area (Å²) in [7, 11) is 0. The van der Waals surface area contributed by atoms with Gasteiger partial charge >= 0.3 is 12.1 Å². The van der Waals surface area contributed by atoms with E-state index in [1.54, 1.807) is 26.0 Å². The fourth-order valence-corrected chi connectivity index (χ4v) is 8.77. The molecule has 19 heteroatoms. The standard InChI is InChI=1S/C43H49F3N8O8/c1-42(2)19-32-37(33(55)20-42)38(43(44,45)46)52-54(32)24-11-14-27(39(47)59)30(18-24)50-23-9-12-25(13-10-23)62-36(58)21-49-34(56)8-3-4-17-48-29-7-5-6-26-28(29)22-53(41(26)61)31-15-16-35(57)51-40(31)60/h5-7,11,14,18,23,25,31,48,50H,3-4,8-10,12-13,15-17,19-22H2,1-2H3,(H2,47,59)(H,49,56)(H,51,57,60). The number of fused-ring (bicyclic) bond motifs is 2. The Morgan fingerprint density at radius 2 is 1.74 bits per heavy atom. The lowest BCUT2D eigenvalue weighted by Gasteiger charge is -2.30. The van der Waals surface area contributed by atoms with Gasteiger partial charge in [0.2, 0.25) is 17.7 Å². The molecule has 2 aliphatic heterocycles. The summed E-state index contributed by atoms with van der Waals surface area (Å²) in [4.78, 5) is 89.0. The molecule has 62 heavy (non-hydrogen) atoms. The van der Waals surface area contributed by atoms with Crippen molar-refractivity contribution in [1.82, 2.24) is 25.3 Å². The van der Waals surface area contributed by atoms with Crippen molar-refractivity contribution in [1.29, 1.82) is 0 Å². The number of halogens is 3. The zero-order valence-corrected chi connectivity index (χ0v) is 34.4. The van der Waals surface area contributed by atoms with E-state index in [1.807, 2.05) is 6.07 Å². The van der Waals surface area contributed by atoms with Gasteiger partial charge in [-0.3, -0.25) is 38.9 Å². The number of carbonyl (C=O) groups is 7. The lowest BCUT2D eigenvalue weighted by molar-refractivity contribution is -0.150. The molecule has 1 aromatic heterocycles. The fourth-order valence-electron chi connectivity index (χ4n) is 8.77. The van der Waals surface area contributed by atoms with Crippen molar-refractivity contribution in [2.75, 3.05) is 23.7 Å². The number of Topliss-reactive ketones (excluding diaryl/α,β-unsaturated/α-hetero) is 1. The Bertz CT molecular complexity index is 2320. The predicted octanol–water partition coefficient (Wildman–Crippen LogP) is 4.57. The normalized spacial score (nSPS) is 20.9. The third-order valence-electron chi connectivity index (χ3n) is 11.8. The number of imide groups is 1. The third kappa shape index (κ3) is 9.60. The lowest BCUT2D eigenvalue weighted by atomic mass is 9.75. The number of nitrogens with zero attached hydrogens (tertiary/aromatic N) is 3. The van der Waals surface area contributed by atoms with Crippen LogP contribution in [-0.2, 0) is 43.1 Å². The number of anilines is 2. The fraction of sp³-hybridized carbons (Fsp3) is 0.488. The number of ketones is 1. The van der Waals surface area contributed by atoms with Crippen molar-refractivity contribution >= 4 is 52.7 Å². The van der Waals surface area contributed by atoms with Crippen LogP contribution in [0, 0.1) is 5.41 Å². The van der Waals surface area contributed by atoms with Gasteiger partial charge in [-0.25, -0.2) is 4.68 Å². The minimum absolute atomic E-state index is 0.0446. The second-order valence-corrected chi connectivity index (χ2v) is 17.1. The van der Waals surface area contributed by atoms with Gasteiger partial charge in [-0.15, -0.1) is 0 Å². The number of ether oxygens (including phenoxy) is 1. The number of primary amides is 1. The molecule has 6 N–H and O–H groups in total. The first kappa shape index (κ1) is 43.8. The van der Waals surface area contributed by atoms with Crippen molar-refractivity contribution in [3.63, 3.8) is 0 Å². The zero-order valence-electron chi connectivity index (χ0n) is 34.4. The average Bonchev–Trinajstić information content (AvgIpc) is 3.76. The van der Waals surface area contributed by atoms with Gasteiger partial charge in [0.25, 0.3) is 11.8 Å². The maximum atomic E-state index is 14.1. The number of aromatic nitrogens is 2. The quantitative estimate of drug-likeness (QED) is 0.0858. The summed E-state index contributed by atoms with van der Waals surface area (Å²) in [5, 5.41) is 15.4. The van der Waals surface area contributed by atoms with Crippen molar-refractivity contribution in [2.45, 2.75) is 115 Å². The van der Waals surface area contributed by atoms with E-state index in [-0.39, 0.29) is 85.9 Å². The molecule has 330 valence electrons. The van der Waals surface area contributed by atoms with Gasteiger partial charge < -0.3 is 31.3 Å². The van der Waals surface area contributed by atoms with E-state index in [0.717, 1.165) is 15.9 Å². The number of hydrogen-bond acceptors (Lipinski definition) is 11. The second-order valence-electron chi connectivity index (χ2n) is 17.1. The van der Waals surface area contributed by atoms with Crippen LogP contribution in [0.4, 0.5) is 24.5 Å². The van der Waals surface area contributed by atoms with Gasteiger partial charge in [0.05, 0.1) is 22.5 Å². The number of piperidine rings is 1. The first-order valence-electron chi connectivity index (χ1n) is 20.8. The minimum atomic E-state index is -4.85. The molecule has 4 aliphatic rings. The van der Waals surface area contributed by atoms with Crippen LogP contribution in [-0.4, -0.2) is 87.2 Å². The summed E-state index contributed by atoms with van der Waals surface area (Å²) in [5.74, 6) is -3.35. The molecule has 2 fully saturated rings. The third-order valence-corrected chi connectivity index (χ3v) is 11.8. The molecule has 3 heterocycles. The van der Waals surface area contributed by atoms with Crippen LogP contribution >= 0.6 is 0 Å². The molecule has 2 aliphatic carbocycles. The summed E-state index contributed by atoms with van der Waals surface area (Å²) in [5.41, 5.74) is 6.23. The molecular formula is C43H49F3N8O8. The number of amides is 5. The maximum Gasteiger partial charge on any atom is 0.435 e. The van der Waals surface area contributed by atoms with Crippen LogP contribution in [0.2, 0.25) is 0 Å². The van der Waals surface area contributed by atoms with Crippen LogP contribution in [0.1, 0.15) is 126 Å². The van der Waals surface area contributed by atoms with Crippen LogP contribution in [0.5, 0.6) is 0 Å². The van der Waals surface area contributed by atoms with Crippen molar-refractivity contribution in [3.8, 4) is 5.69 Å². The number of esters is 1. The number of nitrogens with one attached hydrogen (secondary N) is 4. The van der Waals surface area contributed by atoms with Gasteiger partial charge in [0.1, 0.15) is 18.7 Å². The monoisotopic (exact) mass is 862 g/mol. The molecule has 0 spiro atoms. The molecule has 1 saturated carbocycles. The molecule has 2 aromatic carbocycles. The van der Waals surface area contributed by atoms with Gasteiger partial charge in [0, 0.05) is 60.9 Å². The SMILES string of the molecule is CC1(C)CC(=O)c2c(C(F)(F)F)nn(-c3ccc(C(N)=O)c(NC4CCC(OC(=O)CNC(=O)CCCCNc5cccc6c5CN(C5CCC(=O)NC5=O)C6=O)CC4)c3)c2C1. The summed E-state index contributed by atoms with van der Waals surface area (Å²) in [6.45, 7) is 4.07. The van der Waals surface area contributed by atoms with E-state index in [4.69, 9.17) is 10.5 Å². The second kappa shape index (κ2) is 17.6. The Balaban J connectivity index is 0.846. The zero-order chi connectivity index (χ0) is 44.5. The molecule has 1 atom stereocenters. The Kier molecular flexibility index (Phi) is 12.4. The summed E-state index contributed by atoms with van der Waals surface area (Å²) in [6.07, 6.45) is -1.35. The number of nitrogens with two attached hydrogens (primary N) is 1. The lowest BCUT2D eigenvalue weighted by Crippen LogP contribution is -2.52. The predicted molar refractivity (Wildman–Crippen MR) is 217 cm³/mol. The van der Waals surface area contributed by atoms with Gasteiger partial charge in [-0.2, -0.15) is 18.3 Å². The number of alkyl halides is 3. The molecule has 7 rings (SSSR count). The molecule has 0 bridgehead atoms. The van der Waals surface area contributed by atoms with E-state index in [9.17, 15) is 46.7 Å². The topological polar surface area (TPSA) is 224 Å². The smallest absolute Gasteiger partial charge is 0.435 e. The van der Waals surface area contributed by atoms with E-state index in [1.165, 1.54) is 23.1 Å². The van der Waals surface area contributed by atoms with Gasteiger partial charge in [0.15, 0.2) is 11.5 Å². The number of benzene rings is 2. The summed E-state index contributed by atoms with van der Waals surface area (Å²) < 4.78 is 48.9. The highest BCUT2D eigenvalue weighted by molar-refractivity contribution is 6.06. The first-order chi connectivity index (χ1) is 29.4. The van der Waals surface area contributed by atoms with Crippen molar-refractivity contribution in [2.24, 2.45) is 11.1 Å². The van der Waals surface area contributed by atoms with Gasteiger partial charge in [-0.05, 0) is 87.1 Å². The average molecular weight is 863 g/mol. The molecule has 16 nitrogen and oxygen atoms in total. The highest BCUT2D eigenvalue weighted by atomic mass is 19.4. The molecule has 5 amide bonds. The Labute approximate surface area is 354 Å². The Hall–Kier alpha value is -6.27. The highest BCUT2D eigenvalue weighted by Gasteiger charge is 2.46. The van der Waals surface area contributed by atoms with Crippen LogP contribution < -0.4 is 27.0 Å². The largest absolute Gasteiger partial charge is 0.461 e. The number of hydrogen-bond donors (Lipinski definition) is 5. The molecule has 1 unspecified atom stereocenters. The van der Waals surface area contributed by atoms with Crippen LogP contribution in [0.15, 0.2) is 36.4 Å². The number of rotatable bonds is 14. The Morgan fingerprint density at radius 3 is 2.45 bits per heavy atom. The summed E-state index contributed by atoms with van der Waals surface area (Å²) in [6, 6.07) is 8.78. The molecule has 1 saturated heterocycles. The van der Waals surface area contributed by atoms with Crippen LogP contribution in [0.3, 0.4) is 0 Å². The molecule has 0 radical (unpaired) electrons. The van der Waals surface area contributed by atoms with E-state index < -0.39 is 58.6 Å².